The Morgan fingerprint density at radius 1 is 0.929 bits per heavy atom. The third-order valence-electron chi connectivity index (χ3n) is 4.69. The van der Waals surface area contributed by atoms with E-state index in [1.54, 1.807) is 7.11 Å². The Bertz CT molecular complexity index is 916. The van der Waals surface area contributed by atoms with Crippen molar-refractivity contribution < 1.29 is 9.53 Å². The molecule has 0 fully saturated rings. The fourth-order valence-electron chi connectivity index (χ4n) is 3.00. The molecule has 1 atom stereocenters. The number of ether oxygens (including phenoxy) is 1. The lowest BCUT2D eigenvalue weighted by atomic mass is 9.99. The predicted octanol–water partition coefficient (Wildman–Crippen LogP) is 5.16. The van der Waals surface area contributed by atoms with Gasteiger partial charge in [-0.1, -0.05) is 79.7 Å². The SMILES string of the molecule is COc1ccc(/C=C(/C(=O)NC[C@@H](C)c2ccccc2)c2ccccc2)cc1. The van der Waals surface area contributed by atoms with Gasteiger partial charge in [0, 0.05) is 12.1 Å². The van der Waals surface area contributed by atoms with Crippen LogP contribution in [0.2, 0.25) is 0 Å². The second kappa shape index (κ2) is 9.56. The molecule has 0 unspecified atom stereocenters. The maximum Gasteiger partial charge on any atom is 0.251 e. The highest BCUT2D eigenvalue weighted by atomic mass is 16.5. The van der Waals surface area contributed by atoms with Crippen molar-refractivity contribution in [2.24, 2.45) is 0 Å². The number of methoxy groups -OCH3 is 1. The van der Waals surface area contributed by atoms with E-state index >= 15 is 0 Å². The van der Waals surface area contributed by atoms with E-state index in [0.717, 1.165) is 16.9 Å². The quantitative estimate of drug-likeness (QED) is 0.460. The molecule has 0 saturated heterocycles. The Morgan fingerprint density at radius 2 is 1.54 bits per heavy atom. The van der Waals surface area contributed by atoms with E-state index in [-0.39, 0.29) is 11.8 Å². The predicted molar refractivity (Wildman–Crippen MR) is 115 cm³/mol. The van der Waals surface area contributed by atoms with Crippen molar-refractivity contribution in [3.8, 4) is 5.75 Å². The van der Waals surface area contributed by atoms with Crippen LogP contribution in [-0.4, -0.2) is 19.6 Å². The minimum atomic E-state index is -0.0789. The van der Waals surface area contributed by atoms with Crippen molar-refractivity contribution in [1.82, 2.24) is 5.32 Å². The first-order chi connectivity index (χ1) is 13.7. The first-order valence-corrected chi connectivity index (χ1v) is 9.41. The second-order valence-corrected chi connectivity index (χ2v) is 6.72. The van der Waals surface area contributed by atoms with Crippen LogP contribution < -0.4 is 10.1 Å². The molecular formula is C25H25NO2. The average Bonchev–Trinajstić information content (AvgIpc) is 2.77. The monoisotopic (exact) mass is 371 g/mol. The molecule has 0 radical (unpaired) electrons. The van der Waals surface area contributed by atoms with E-state index in [1.807, 2.05) is 78.9 Å². The molecule has 3 rings (SSSR count). The molecule has 0 aliphatic rings. The van der Waals surface area contributed by atoms with Gasteiger partial charge in [0.05, 0.1) is 7.11 Å². The van der Waals surface area contributed by atoms with Crippen molar-refractivity contribution >= 4 is 17.6 Å². The van der Waals surface area contributed by atoms with Gasteiger partial charge in [0.1, 0.15) is 5.75 Å². The first-order valence-electron chi connectivity index (χ1n) is 9.41. The molecule has 3 nitrogen and oxygen atoms in total. The minimum Gasteiger partial charge on any atom is -0.497 e. The van der Waals surface area contributed by atoms with Gasteiger partial charge in [0.25, 0.3) is 5.91 Å². The number of carbonyl (C=O) groups is 1. The van der Waals surface area contributed by atoms with Crippen LogP contribution in [0.3, 0.4) is 0 Å². The van der Waals surface area contributed by atoms with Crippen molar-refractivity contribution in [2.45, 2.75) is 12.8 Å². The Labute approximate surface area is 166 Å². The van der Waals surface area contributed by atoms with E-state index in [0.29, 0.717) is 12.1 Å². The summed E-state index contributed by atoms with van der Waals surface area (Å²) in [4.78, 5) is 13.0. The minimum absolute atomic E-state index is 0.0789. The number of nitrogens with one attached hydrogen (secondary N) is 1. The molecule has 3 aromatic carbocycles. The first kappa shape index (κ1) is 19.4. The summed E-state index contributed by atoms with van der Waals surface area (Å²) in [6.45, 7) is 2.70. The summed E-state index contributed by atoms with van der Waals surface area (Å²) in [5.41, 5.74) is 3.70. The molecule has 0 spiro atoms. The molecule has 1 N–H and O–H groups in total. The standard InChI is InChI=1S/C25H25NO2/c1-19(21-9-5-3-6-10-21)18-26-25(27)24(22-11-7-4-8-12-22)17-20-13-15-23(28-2)16-14-20/h3-17,19H,18H2,1-2H3,(H,26,27)/b24-17+/t19-/m1/s1. The number of rotatable bonds is 7. The molecular weight excluding hydrogens is 346 g/mol. The van der Waals surface area contributed by atoms with Crippen LogP contribution in [0.4, 0.5) is 0 Å². The topological polar surface area (TPSA) is 38.3 Å². The summed E-state index contributed by atoms with van der Waals surface area (Å²) in [5.74, 6) is 0.951. The lowest BCUT2D eigenvalue weighted by Crippen LogP contribution is -2.28. The number of benzene rings is 3. The van der Waals surface area contributed by atoms with Crippen LogP contribution in [0.25, 0.3) is 11.6 Å². The molecule has 0 heterocycles. The van der Waals surface area contributed by atoms with Gasteiger partial charge in [0.15, 0.2) is 0 Å². The Kier molecular flexibility index (Phi) is 6.64. The zero-order chi connectivity index (χ0) is 19.8. The largest absolute Gasteiger partial charge is 0.497 e. The fourth-order valence-corrected chi connectivity index (χ4v) is 3.00. The third kappa shape index (κ3) is 5.10. The lowest BCUT2D eigenvalue weighted by molar-refractivity contribution is -0.115. The number of carbonyl (C=O) groups excluding carboxylic acids is 1. The van der Waals surface area contributed by atoms with Gasteiger partial charge in [-0.15, -0.1) is 0 Å². The summed E-state index contributed by atoms with van der Waals surface area (Å²) < 4.78 is 5.21. The highest BCUT2D eigenvalue weighted by Crippen LogP contribution is 2.21. The summed E-state index contributed by atoms with van der Waals surface area (Å²) in [6.07, 6.45) is 1.91. The fraction of sp³-hybridized carbons (Fsp3) is 0.160. The van der Waals surface area contributed by atoms with Crippen LogP contribution in [0.5, 0.6) is 5.75 Å². The van der Waals surface area contributed by atoms with Crippen LogP contribution in [0, 0.1) is 0 Å². The smallest absolute Gasteiger partial charge is 0.251 e. The van der Waals surface area contributed by atoms with Gasteiger partial charge in [-0.2, -0.15) is 0 Å². The summed E-state index contributed by atoms with van der Waals surface area (Å²) in [7, 11) is 1.64. The van der Waals surface area contributed by atoms with Crippen LogP contribution >= 0.6 is 0 Å². The summed E-state index contributed by atoms with van der Waals surface area (Å²) >= 11 is 0. The number of amides is 1. The molecule has 0 aliphatic carbocycles. The van der Waals surface area contributed by atoms with E-state index in [2.05, 4.69) is 24.4 Å². The molecule has 3 heteroatoms. The molecule has 0 aliphatic heterocycles. The van der Waals surface area contributed by atoms with Crippen molar-refractivity contribution in [3.05, 3.63) is 102 Å². The van der Waals surface area contributed by atoms with E-state index in [1.165, 1.54) is 5.56 Å². The molecule has 142 valence electrons. The molecule has 28 heavy (non-hydrogen) atoms. The van der Waals surface area contributed by atoms with Crippen molar-refractivity contribution in [3.63, 3.8) is 0 Å². The molecule has 0 aromatic heterocycles. The maximum atomic E-state index is 13.0. The third-order valence-corrected chi connectivity index (χ3v) is 4.69. The van der Waals surface area contributed by atoms with Crippen LogP contribution in [0.1, 0.15) is 29.5 Å². The van der Waals surface area contributed by atoms with Gasteiger partial charge in [-0.3, -0.25) is 4.79 Å². The van der Waals surface area contributed by atoms with Gasteiger partial charge in [-0.05, 0) is 40.8 Å². The van der Waals surface area contributed by atoms with Crippen LogP contribution in [0.15, 0.2) is 84.9 Å². The average molecular weight is 371 g/mol. The number of hydrogen-bond acceptors (Lipinski definition) is 2. The number of hydrogen-bond donors (Lipinski definition) is 1. The molecule has 0 bridgehead atoms. The maximum absolute atomic E-state index is 13.0. The normalized spacial score (nSPS) is 12.3. The highest BCUT2D eigenvalue weighted by Gasteiger charge is 2.14. The zero-order valence-corrected chi connectivity index (χ0v) is 16.3. The Morgan fingerprint density at radius 3 is 2.14 bits per heavy atom. The van der Waals surface area contributed by atoms with Crippen LogP contribution in [-0.2, 0) is 4.79 Å². The van der Waals surface area contributed by atoms with Gasteiger partial charge < -0.3 is 10.1 Å². The molecule has 1 amide bonds. The Balaban J connectivity index is 1.80. The summed E-state index contributed by atoms with van der Waals surface area (Å²) in [5, 5.41) is 3.09. The highest BCUT2D eigenvalue weighted by molar-refractivity contribution is 6.24. The Hall–Kier alpha value is -3.33. The van der Waals surface area contributed by atoms with E-state index in [4.69, 9.17) is 4.74 Å². The zero-order valence-electron chi connectivity index (χ0n) is 16.3. The molecule has 0 saturated carbocycles. The van der Waals surface area contributed by atoms with E-state index in [9.17, 15) is 4.79 Å². The van der Waals surface area contributed by atoms with Gasteiger partial charge >= 0.3 is 0 Å². The van der Waals surface area contributed by atoms with Gasteiger partial charge in [-0.25, -0.2) is 0 Å². The van der Waals surface area contributed by atoms with Gasteiger partial charge in [0.2, 0.25) is 0 Å². The van der Waals surface area contributed by atoms with Crippen molar-refractivity contribution in [1.29, 1.82) is 0 Å². The van der Waals surface area contributed by atoms with E-state index < -0.39 is 0 Å². The lowest BCUT2D eigenvalue weighted by Gasteiger charge is -2.15. The molecule has 3 aromatic rings. The second-order valence-electron chi connectivity index (χ2n) is 6.72. The van der Waals surface area contributed by atoms with Crippen molar-refractivity contribution in [2.75, 3.05) is 13.7 Å². The summed E-state index contributed by atoms with van der Waals surface area (Å²) in [6, 6.07) is 27.6.